The lowest BCUT2D eigenvalue weighted by atomic mass is 9.74. The fraction of sp³-hybridized carbons (Fsp3) is 0.781. The Morgan fingerprint density at radius 1 is 0.921 bits per heavy atom. The third-order valence-corrected chi connectivity index (χ3v) is 11.5. The third-order valence-electron chi connectivity index (χ3n) is 9.95. The van der Waals surface area contributed by atoms with Gasteiger partial charge in [-0.25, -0.2) is 5.43 Å². The molecule has 2 spiro atoms. The summed E-state index contributed by atoms with van der Waals surface area (Å²) in [5.41, 5.74) is 8.95. The largest absolute Gasteiger partial charge is 0.484 e. The van der Waals surface area contributed by atoms with E-state index < -0.39 is 0 Å². The highest BCUT2D eigenvalue weighted by molar-refractivity contribution is 8.00. The van der Waals surface area contributed by atoms with Gasteiger partial charge in [-0.05, 0) is 62.3 Å². The minimum absolute atomic E-state index is 0.0228. The van der Waals surface area contributed by atoms with Crippen LogP contribution in [0.4, 0.5) is 0 Å². The van der Waals surface area contributed by atoms with E-state index in [-0.39, 0.29) is 24.1 Å². The average Bonchev–Trinajstić information content (AvgIpc) is 3.53. The Bertz CT molecular complexity index is 873. The van der Waals surface area contributed by atoms with Gasteiger partial charge in [-0.1, -0.05) is 88.3 Å². The van der Waals surface area contributed by atoms with E-state index in [2.05, 4.69) is 46.6 Å². The fourth-order valence-corrected chi connectivity index (χ4v) is 9.42. The number of hydrazine groups is 1. The molecule has 4 aliphatic rings. The number of benzene rings is 1. The zero-order valence-corrected chi connectivity index (χ0v) is 24.6. The normalized spacial score (nSPS) is 27.7. The van der Waals surface area contributed by atoms with Gasteiger partial charge in [0.1, 0.15) is 5.75 Å². The number of nitrogens with one attached hydrogen (secondary N) is 2. The summed E-state index contributed by atoms with van der Waals surface area (Å²) in [7, 11) is 0. The molecular weight excluding hydrogens is 490 g/mol. The molecule has 38 heavy (non-hydrogen) atoms. The second-order valence-corrected chi connectivity index (χ2v) is 14.1. The van der Waals surface area contributed by atoms with Gasteiger partial charge in [-0.2, -0.15) is 11.8 Å². The molecule has 2 saturated heterocycles. The van der Waals surface area contributed by atoms with Crippen LogP contribution in [0, 0.1) is 12.3 Å². The van der Waals surface area contributed by atoms with Crippen molar-refractivity contribution in [1.82, 2.24) is 15.8 Å². The Morgan fingerprint density at radius 3 is 2.18 bits per heavy atom. The molecule has 2 aliphatic heterocycles. The van der Waals surface area contributed by atoms with E-state index in [1.165, 1.54) is 101 Å². The zero-order chi connectivity index (χ0) is 26.3. The van der Waals surface area contributed by atoms with Gasteiger partial charge in [0.2, 0.25) is 0 Å². The molecule has 2 unspecified atom stereocenters. The maximum Gasteiger partial charge on any atom is 0.260 e. The van der Waals surface area contributed by atoms with Gasteiger partial charge in [0.15, 0.2) is 6.61 Å². The van der Waals surface area contributed by atoms with Crippen LogP contribution < -0.4 is 15.6 Å². The van der Waals surface area contributed by atoms with E-state index in [0.717, 1.165) is 31.7 Å². The van der Waals surface area contributed by atoms with Gasteiger partial charge < -0.3 is 9.64 Å². The summed E-state index contributed by atoms with van der Waals surface area (Å²) in [5, 5.41) is 0.534. The number of carbonyl (C=O) groups excluding carboxylic acids is 1. The molecule has 1 amide bonds. The van der Waals surface area contributed by atoms with Crippen LogP contribution in [0.15, 0.2) is 24.3 Å². The van der Waals surface area contributed by atoms with E-state index in [9.17, 15) is 4.79 Å². The van der Waals surface area contributed by atoms with Gasteiger partial charge >= 0.3 is 0 Å². The first-order chi connectivity index (χ1) is 18.6. The Kier molecular flexibility index (Phi) is 9.99. The van der Waals surface area contributed by atoms with Crippen LogP contribution >= 0.6 is 11.8 Å². The molecule has 0 bridgehead atoms. The van der Waals surface area contributed by atoms with Crippen LogP contribution in [0.5, 0.6) is 5.75 Å². The van der Waals surface area contributed by atoms with Crippen molar-refractivity contribution in [2.24, 2.45) is 5.41 Å². The molecule has 6 heteroatoms. The van der Waals surface area contributed by atoms with Crippen molar-refractivity contribution >= 4 is 17.7 Å². The van der Waals surface area contributed by atoms with Crippen molar-refractivity contribution in [3.63, 3.8) is 0 Å². The van der Waals surface area contributed by atoms with Gasteiger partial charge in [0.05, 0.1) is 11.6 Å². The third kappa shape index (κ3) is 7.09. The van der Waals surface area contributed by atoms with Crippen LogP contribution in [0.2, 0.25) is 0 Å². The Balaban J connectivity index is 1.32. The number of aryl methyl sites for hydroxylation is 1. The van der Waals surface area contributed by atoms with Gasteiger partial charge in [-0.15, -0.1) is 0 Å². The predicted molar refractivity (Wildman–Crippen MR) is 159 cm³/mol. The van der Waals surface area contributed by atoms with E-state index in [1.54, 1.807) is 0 Å². The first-order valence-electron chi connectivity index (χ1n) is 15.7. The highest BCUT2D eigenvalue weighted by Crippen LogP contribution is 2.49. The summed E-state index contributed by atoms with van der Waals surface area (Å²) < 4.78 is 6.07. The van der Waals surface area contributed by atoms with Crippen molar-refractivity contribution in [2.75, 3.05) is 25.4 Å². The SMILES string of the molecule is Cc1ccc(OCC(=O)N(CC2CC3(CCCCCCC3)CS2)C2CNNC23CCCCCCCC3)cc1. The predicted octanol–water partition coefficient (Wildman–Crippen LogP) is 6.79. The van der Waals surface area contributed by atoms with E-state index in [1.807, 2.05) is 12.1 Å². The smallest absolute Gasteiger partial charge is 0.260 e. The molecule has 1 aromatic rings. The first kappa shape index (κ1) is 28.3. The van der Waals surface area contributed by atoms with Crippen LogP contribution in [0.25, 0.3) is 0 Å². The molecule has 2 saturated carbocycles. The minimum atomic E-state index is -0.0228. The maximum atomic E-state index is 14.0. The summed E-state index contributed by atoms with van der Waals surface area (Å²) in [4.78, 5) is 16.3. The molecule has 5 nitrogen and oxygen atoms in total. The number of hydrogen-bond donors (Lipinski definition) is 2. The van der Waals surface area contributed by atoms with Gasteiger partial charge in [-0.3, -0.25) is 10.2 Å². The molecule has 2 N–H and O–H groups in total. The van der Waals surface area contributed by atoms with E-state index >= 15 is 0 Å². The fourth-order valence-electron chi connectivity index (χ4n) is 7.68. The molecule has 0 radical (unpaired) electrons. The number of amides is 1. The summed E-state index contributed by atoms with van der Waals surface area (Å²) in [6.45, 7) is 3.89. The molecular formula is C32H51N3O2S. The quantitative estimate of drug-likeness (QED) is 0.415. The van der Waals surface area contributed by atoms with Crippen molar-refractivity contribution in [2.45, 2.75) is 126 Å². The minimum Gasteiger partial charge on any atom is -0.484 e. The molecule has 4 fully saturated rings. The molecule has 5 rings (SSSR count). The average molecular weight is 542 g/mol. The van der Waals surface area contributed by atoms with Gasteiger partial charge in [0, 0.05) is 18.3 Å². The second-order valence-electron chi connectivity index (χ2n) is 12.9. The monoisotopic (exact) mass is 541 g/mol. The second kappa shape index (κ2) is 13.4. The van der Waals surface area contributed by atoms with E-state index in [0.29, 0.717) is 10.7 Å². The highest BCUT2D eigenvalue weighted by atomic mass is 32.2. The first-order valence-corrected chi connectivity index (χ1v) is 16.7. The summed E-state index contributed by atoms with van der Waals surface area (Å²) >= 11 is 2.15. The van der Waals surface area contributed by atoms with Crippen LogP contribution in [0.3, 0.4) is 0 Å². The Hall–Kier alpha value is -1.24. The lowest BCUT2D eigenvalue weighted by molar-refractivity contribution is -0.137. The number of carbonyl (C=O) groups is 1. The Labute approximate surface area is 235 Å². The molecule has 2 atom stereocenters. The van der Waals surface area contributed by atoms with E-state index in [4.69, 9.17) is 4.74 Å². The maximum absolute atomic E-state index is 14.0. The molecule has 1 aromatic carbocycles. The number of ether oxygens (including phenoxy) is 1. The molecule has 0 aromatic heterocycles. The van der Waals surface area contributed by atoms with Crippen LogP contribution in [-0.2, 0) is 4.79 Å². The van der Waals surface area contributed by atoms with Crippen molar-refractivity contribution in [3.8, 4) is 5.75 Å². The molecule has 2 heterocycles. The van der Waals surface area contributed by atoms with Crippen molar-refractivity contribution < 1.29 is 9.53 Å². The Morgan fingerprint density at radius 2 is 1.53 bits per heavy atom. The van der Waals surface area contributed by atoms with Crippen molar-refractivity contribution in [1.29, 1.82) is 0 Å². The summed E-state index contributed by atoms with van der Waals surface area (Å²) in [5.74, 6) is 2.22. The van der Waals surface area contributed by atoms with Crippen LogP contribution in [0.1, 0.15) is 108 Å². The van der Waals surface area contributed by atoms with Crippen molar-refractivity contribution in [3.05, 3.63) is 29.8 Å². The number of nitrogens with zero attached hydrogens (tertiary/aromatic N) is 1. The lowest BCUT2D eigenvalue weighted by Gasteiger charge is -2.42. The van der Waals surface area contributed by atoms with Gasteiger partial charge in [0.25, 0.3) is 5.91 Å². The number of rotatable bonds is 6. The number of thioether (sulfide) groups is 1. The summed E-state index contributed by atoms with van der Waals surface area (Å²) in [6.07, 6.45) is 21.1. The lowest BCUT2D eigenvalue weighted by Crippen LogP contribution is -2.59. The standard InChI is InChI=1S/C32H51N3O2S/c1-26-13-15-27(16-14-26)37-24-30(36)35(23-28-21-31(25-38-28)17-9-5-4-6-10-18-31)29-22-33-34-32(29)19-11-7-2-3-8-12-20-32/h13-16,28-29,33-34H,2-12,17-25H2,1H3. The summed E-state index contributed by atoms with van der Waals surface area (Å²) in [6, 6.07) is 8.26. The molecule has 2 aliphatic carbocycles. The molecule has 212 valence electrons. The number of hydrogen-bond acceptors (Lipinski definition) is 5. The highest BCUT2D eigenvalue weighted by Gasteiger charge is 2.48. The zero-order valence-electron chi connectivity index (χ0n) is 23.8. The topological polar surface area (TPSA) is 53.6 Å². The van der Waals surface area contributed by atoms with Crippen LogP contribution in [-0.4, -0.2) is 53.1 Å².